The molecule has 3 rings (SSSR count). The summed E-state index contributed by atoms with van der Waals surface area (Å²) in [6, 6.07) is 26.1. The Bertz CT molecular complexity index is 1220. The third-order valence-electron chi connectivity index (χ3n) is 5.87. The van der Waals surface area contributed by atoms with Crippen LogP contribution in [0.1, 0.15) is 43.5 Å². The SMILES string of the molecule is C=CCN(C(=O)C(Cc1ccccc1)NC(=O)OC(C)(C)C)C(C(=O)NCc1ccccc1)c1ccccc1. The molecule has 0 fully saturated rings. The van der Waals surface area contributed by atoms with Gasteiger partial charge in [-0.25, -0.2) is 4.79 Å². The second-order valence-electron chi connectivity index (χ2n) is 10.2. The zero-order valence-corrected chi connectivity index (χ0v) is 22.8. The molecule has 3 aromatic carbocycles. The molecular formula is C32H37N3O4. The zero-order chi connectivity index (χ0) is 28.3. The van der Waals surface area contributed by atoms with E-state index in [0.29, 0.717) is 12.1 Å². The maximum Gasteiger partial charge on any atom is 0.408 e. The van der Waals surface area contributed by atoms with Crippen molar-refractivity contribution in [1.82, 2.24) is 15.5 Å². The van der Waals surface area contributed by atoms with Gasteiger partial charge in [0.25, 0.3) is 0 Å². The Morgan fingerprint density at radius 2 is 1.41 bits per heavy atom. The van der Waals surface area contributed by atoms with Gasteiger partial charge in [0.2, 0.25) is 11.8 Å². The summed E-state index contributed by atoms with van der Waals surface area (Å²) in [6.07, 6.45) is 1.09. The largest absolute Gasteiger partial charge is 0.444 e. The highest BCUT2D eigenvalue weighted by molar-refractivity contribution is 5.92. The molecule has 3 aromatic rings. The first-order valence-corrected chi connectivity index (χ1v) is 13.0. The van der Waals surface area contributed by atoms with E-state index in [4.69, 9.17) is 4.74 Å². The molecule has 2 N–H and O–H groups in total. The Kier molecular flexibility index (Phi) is 10.4. The smallest absolute Gasteiger partial charge is 0.408 e. The number of carbonyl (C=O) groups excluding carboxylic acids is 3. The molecular weight excluding hydrogens is 490 g/mol. The highest BCUT2D eigenvalue weighted by atomic mass is 16.6. The Morgan fingerprint density at radius 3 is 1.95 bits per heavy atom. The highest BCUT2D eigenvalue weighted by Crippen LogP contribution is 2.23. The van der Waals surface area contributed by atoms with Crippen LogP contribution in [0.5, 0.6) is 0 Å². The van der Waals surface area contributed by atoms with Crippen molar-refractivity contribution in [2.45, 2.75) is 51.4 Å². The molecule has 0 saturated carbocycles. The number of hydrogen-bond acceptors (Lipinski definition) is 4. The second-order valence-corrected chi connectivity index (χ2v) is 10.2. The summed E-state index contributed by atoms with van der Waals surface area (Å²) < 4.78 is 5.46. The van der Waals surface area contributed by atoms with Crippen LogP contribution in [0, 0.1) is 0 Å². The Labute approximate surface area is 230 Å². The van der Waals surface area contributed by atoms with Gasteiger partial charge in [0, 0.05) is 19.5 Å². The van der Waals surface area contributed by atoms with E-state index in [0.717, 1.165) is 11.1 Å². The molecule has 39 heavy (non-hydrogen) atoms. The van der Waals surface area contributed by atoms with Crippen molar-refractivity contribution < 1.29 is 19.1 Å². The highest BCUT2D eigenvalue weighted by Gasteiger charge is 2.35. The van der Waals surface area contributed by atoms with E-state index < -0.39 is 29.7 Å². The van der Waals surface area contributed by atoms with E-state index in [1.165, 1.54) is 4.90 Å². The first-order chi connectivity index (χ1) is 18.7. The van der Waals surface area contributed by atoms with Crippen LogP contribution in [0.25, 0.3) is 0 Å². The Balaban J connectivity index is 1.95. The van der Waals surface area contributed by atoms with E-state index in [1.807, 2.05) is 91.0 Å². The van der Waals surface area contributed by atoms with Crippen molar-refractivity contribution in [2.75, 3.05) is 6.54 Å². The maximum atomic E-state index is 14.2. The van der Waals surface area contributed by atoms with Gasteiger partial charge in [-0.1, -0.05) is 97.1 Å². The number of benzene rings is 3. The Hall–Kier alpha value is -4.39. The molecule has 0 aliphatic heterocycles. The third-order valence-corrected chi connectivity index (χ3v) is 5.87. The first-order valence-electron chi connectivity index (χ1n) is 13.0. The zero-order valence-electron chi connectivity index (χ0n) is 22.8. The summed E-state index contributed by atoms with van der Waals surface area (Å²) in [5.41, 5.74) is 1.70. The molecule has 0 aliphatic carbocycles. The minimum absolute atomic E-state index is 0.0957. The lowest BCUT2D eigenvalue weighted by molar-refractivity contribution is -0.141. The molecule has 3 amide bonds. The summed E-state index contributed by atoms with van der Waals surface area (Å²) in [4.78, 5) is 42.1. The standard InChI is InChI=1S/C32H37N3O4/c1-5-21-35(28(26-19-13-8-14-20-26)29(36)33-23-25-17-11-7-12-18-25)30(37)27(22-24-15-9-6-10-16-24)34-31(38)39-32(2,3)4/h5-20,27-28H,1,21-23H2,2-4H3,(H,33,36)(H,34,38). The van der Waals surface area contributed by atoms with Gasteiger partial charge in [-0.15, -0.1) is 6.58 Å². The number of carbonyl (C=O) groups is 3. The predicted molar refractivity (Wildman–Crippen MR) is 153 cm³/mol. The van der Waals surface area contributed by atoms with Crippen molar-refractivity contribution in [3.63, 3.8) is 0 Å². The number of alkyl carbamates (subject to hydrolysis) is 1. The number of nitrogens with zero attached hydrogens (tertiary/aromatic N) is 1. The molecule has 2 atom stereocenters. The van der Waals surface area contributed by atoms with E-state index in [1.54, 1.807) is 26.8 Å². The van der Waals surface area contributed by atoms with Crippen LogP contribution >= 0.6 is 0 Å². The molecule has 7 heteroatoms. The number of ether oxygens (including phenoxy) is 1. The van der Waals surface area contributed by atoms with Gasteiger partial charge in [0.1, 0.15) is 17.7 Å². The van der Waals surface area contributed by atoms with Gasteiger partial charge in [0.05, 0.1) is 0 Å². The molecule has 204 valence electrons. The Morgan fingerprint density at radius 1 is 0.872 bits per heavy atom. The van der Waals surface area contributed by atoms with Gasteiger partial charge < -0.3 is 20.3 Å². The number of rotatable bonds is 11. The molecule has 0 saturated heterocycles. The van der Waals surface area contributed by atoms with E-state index in [9.17, 15) is 14.4 Å². The fraction of sp³-hybridized carbons (Fsp3) is 0.281. The third kappa shape index (κ3) is 9.14. The lowest BCUT2D eigenvalue weighted by Crippen LogP contribution is -2.53. The average Bonchev–Trinajstić information content (AvgIpc) is 2.91. The molecule has 0 aliphatic rings. The average molecular weight is 528 g/mol. The van der Waals surface area contributed by atoms with Crippen molar-refractivity contribution >= 4 is 17.9 Å². The van der Waals surface area contributed by atoms with E-state index in [-0.39, 0.29) is 18.9 Å². The van der Waals surface area contributed by atoms with Gasteiger partial charge in [-0.3, -0.25) is 9.59 Å². The van der Waals surface area contributed by atoms with Crippen LogP contribution < -0.4 is 10.6 Å². The van der Waals surface area contributed by atoms with Crippen LogP contribution in [-0.2, 0) is 27.3 Å². The molecule has 0 radical (unpaired) electrons. The number of amides is 3. The van der Waals surface area contributed by atoms with E-state index in [2.05, 4.69) is 17.2 Å². The molecule has 2 unspecified atom stereocenters. The molecule has 0 aromatic heterocycles. The fourth-order valence-corrected chi connectivity index (χ4v) is 4.15. The summed E-state index contributed by atoms with van der Waals surface area (Å²) in [5, 5.41) is 5.72. The minimum Gasteiger partial charge on any atom is -0.444 e. The molecule has 0 spiro atoms. The molecule has 0 bridgehead atoms. The van der Waals surface area contributed by atoms with E-state index >= 15 is 0 Å². The first kappa shape index (κ1) is 29.2. The van der Waals surface area contributed by atoms with Crippen LogP contribution in [0.2, 0.25) is 0 Å². The van der Waals surface area contributed by atoms with Crippen LogP contribution in [0.15, 0.2) is 104 Å². The maximum absolute atomic E-state index is 14.2. The minimum atomic E-state index is -0.977. The monoisotopic (exact) mass is 527 g/mol. The fourth-order valence-electron chi connectivity index (χ4n) is 4.15. The summed E-state index contributed by atoms with van der Waals surface area (Å²) in [7, 11) is 0. The summed E-state index contributed by atoms with van der Waals surface area (Å²) >= 11 is 0. The van der Waals surface area contributed by atoms with Crippen LogP contribution in [-0.4, -0.2) is 41.0 Å². The quantitative estimate of drug-likeness (QED) is 0.336. The van der Waals surface area contributed by atoms with Crippen LogP contribution in [0.4, 0.5) is 4.79 Å². The van der Waals surface area contributed by atoms with Gasteiger partial charge >= 0.3 is 6.09 Å². The normalized spacial score (nSPS) is 12.5. The summed E-state index contributed by atoms with van der Waals surface area (Å²) in [6.45, 7) is 9.50. The molecule has 0 heterocycles. The van der Waals surface area contributed by atoms with Gasteiger partial charge in [0.15, 0.2) is 0 Å². The second kappa shape index (κ2) is 14.0. The predicted octanol–water partition coefficient (Wildman–Crippen LogP) is 5.19. The van der Waals surface area contributed by atoms with Crippen molar-refractivity contribution in [3.05, 3.63) is 120 Å². The van der Waals surface area contributed by atoms with Crippen molar-refractivity contribution in [3.8, 4) is 0 Å². The topological polar surface area (TPSA) is 87.7 Å². The van der Waals surface area contributed by atoms with Crippen molar-refractivity contribution in [1.29, 1.82) is 0 Å². The van der Waals surface area contributed by atoms with Crippen LogP contribution in [0.3, 0.4) is 0 Å². The number of nitrogens with one attached hydrogen (secondary N) is 2. The number of hydrogen-bond donors (Lipinski definition) is 2. The summed E-state index contributed by atoms with van der Waals surface area (Å²) in [5.74, 6) is -0.760. The lowest BCUT2D eigenvalue weighted by Gasteiger charge is -2.34. The van der Waals surface area contributed by atoms with Gasteiger partial charge in [-0.2, -0.15) is 0 Å². The van der Waals surface area contributed by atoms with Crippen molar-refractivity contribution in [2.24, 2.45) is 0 Å². The van der Waals surface area contributed by atoms with Gasteiger partial charge in [-0.05, 0) is 37.5 Å². The lowest BCUT2D eigenvalue weighted by atomic mass is 10.00. The molecule has 7 nitrogen and oxygen atoms in total.